The Kier molecular flexibility index (Phi) is 2.60. The van der Waals surface area contributed by atoms with Crippen molar-refractivity contribution in [3.05, 3.63) is 46.9 Å². The molecule has 0 aliphatic heterocycles. The van der Waals surface area contributed by atoms with Crippen LogP contribution in [0.1, 0.15) is 16.2 Å². The largest absolute Gasteiger partial charge is 0.477 e. The van der Waals surface area contributed by atoms with Crippen molar-refractivity contribution in [1.82, 2.24) is 9.38 Å². The average molecular weight is 276 g/mol. The summed E-state index contributed by atoms with van der Waals surface area (Å²) in [5.41, 5.74) is 2.09. The maximum Gasteiger partial charge on any atom is 0.354 e. The molecule has 0 spiro atoms. The molecule has 4 nitrogen and oxygen atoms in total. The molecular weight excluding hydrogens is 267 g/mol. The van der Waals surface area contributed by atoms with Gasteiger partial charge in [-0.15, -0.1) is 11.3 Å². The van der Waals surface area contributed by atoms with Gasteiger partial charge in [0.2, 0.25) is 0 Å². The van der Waals surface area contributed by atoms with Crippen LogP contribution in [0.3, 0.4) is 0 Å². The number of hydrogen-bond donors (Lipinski definition) is 1. The standard InChI is InChI=1S/C13H9FN2O2S/c1-7-11(12(17)18)16-10(6-19-13(16)15-7)8-2-4-9(14)5-3-8/h2-6H,1H3,(H,17,18). The molecule has 0 atom stereocenters. The van der Waals surface area contributed by atoms with E-state index in [0.29, 0.717) is 16.3 Å². The topological polar surface area (TPSA) is 54.6 Å². The van der Waals surface area contributed by atoms with Crippen molar-refractivity contribution >= 4 is 22.3 Å². The first-order chi connectivity index (χ1) is 9.08. The van der Waals surface area contributed by atoms with Gasteiger partial charge in [0, 0.05) is 5.38 Å². The lowest BCUT2D eigenvalue weighted by Crippen LogP contribution is -2.04. The summed E-state index contributed by atoms with van der Waals surface area (Å²) in [6.45, 7) is 1.66. The molecular formula is C13H9FN2O2S. The Morgan fingerprint density at radius 3 is 2.68 bits per heavy atom. The molecule has 0 amide bonds. The highest BCUT2D eigenvalue weighted by Gasteiger charge is 2.20. The van der Waals surface area contributed by atoms with E-state index in [9.17, 15) is 14.3 Å². The minimum Gasteiger partial charge on any atom is -0.477 e. The summed E-state index contributed by atoms with van der Waals surface area (Å²) in [6.07, 6.45) is 0. The van der Waals surface area contributed by atoms with Crippen molar-refractivity contribution in [1.29, 1.82) is 0 Å². The monoisotopic (exact) mass is 276 g/mol. The lowest BCUT2D eigenvalue weighted by Gasteiger charge is -2.02. The number of benzene rings is 1. The average Bonchev–Trinajstić information content (AvgIpc) is 2.87. The summed E-state index contributed by atoms with van der Waals surface area (Å²) in [5.74, 6) is -1.35. The van der Waals surface area contributed by atoms with Gasteiger partial charge in [0.05, 0.1) is 11.4 Å². The summed E-state index contributed by atoms with van der Waals surface area (Å²) in [6, 6.07) is 5.95. The van der Waals surface area contributed by atoms with Crippen molar-refractivity contribution < 1.29 is 14.3 Å². The molecule has 1 N–H and O–H groups in total. The number of nitrogens with zero attached hydrogens (tertiary/aromatic N) is 2. The van der Waals surface area contributed by atoms with E-state index in [-0.39, 0.29) is 11.5 Å². The number of carbonyl (C=O) groups is 1. The van der Waals surface area contributed by atoms with Gasteiger partial charge in [-0.1, -0.05) is 0 Å². The number of aromatic nitrogens is 2. The number of carboxylic acid groups (broad SMARTS) is 1. The normalized spacial score (nSPS) is 11.1. The van der Waals surface area contributed by atoms with Crippen molar-refractivity contribution in [3.63, 3.8) is 0 Å². The summed E-state index contributed by atoms with van der Waals surface area (Å²) in [4.78, 5) is 16.2. The summed E-state index contributed by atoms with van der Waals surface area (Å²) >= 11 is 1.36. The van der Waals surface area contributed by atoms with E-state index in [1.165, 1.54) is 23.5 Å². The highest BCUT2D eigenvalue weighted by atomic mass is 32.1. The molecule has 0 fully saturated rings. The Bertz CT molecular complexity index is 774. The number of fused-ring (bicyclic) bond motifs is 1. The molecule has 0 saturated carbocycles. The lowest BCUT2D eigenvalue weighted by atomic mass is 10.1. The van der Waals surface area contributed by atoms with Gasteiger partial charge in [-0.05, 0) is 36.8 Å². The molecule has 0 bridgehead atoms. The van der Waals surface area contributed by atoms with Crippen molar-refractivity contribution in [3.8, 4) is 11.3 Å². The third-order valence-corrected chi connectivity index (χ3v) is 3.71. The van der Waals surface area contributed by atoms with E-state index >= 15 is 0 Å². The minimum absolute atomic E-state index is 0.149. The Balaban J connectivity index is 2.30. The summed E-state index contributed by atoms with van der Waals surface area (Å²) < 4.78 is 14.5. The van der Waals surface area contributed by atoms with E-state index in [1.807, 2.05) is 5.38 Å². The van der Waals surface area contributed by atoms with Gasteiger partial charge in [-0.25, -0.2) is 14.2 Å². The second kappa shape index (κ2) is 4.17. The number of rotatable bonds is 2. The van der Waals surface area contributed by atoms with Crippen LogP contribution in [0.2, 0.25) is 0 Å². The van der Waals surface area contributed by atoms with E-state index < -0.39 is 5.97 Å². The molecule has 0 saturated heterocycles. The maximum atomic E-state index is 12.9. The molecule has 0 aliphatic carbocycles. The Labute approximate surface area is 111 Å². The predicted molar refractivity (Wildman–Crippen MR) is 70.2 cm³/mol. The fraction of sp³-hybridized carbons (Fsp3) is 0.0769. The van der Waals surface area contributed by atoms with Gasteiger partial charge in [0.15, 0.2) is 10.7 Å². The van der Waals surface area contributed by atoms with Crippen molar-refractivity contribution in [2.24, 2.45) is 0 Å². The van der Waals surface area contributed by atoms with Crippen LogP contribution in [0.5, 0.6) is 0 Å². The Morgan fingerprint density at radius 2 is 2.05 bits per heavy atom. The van der Waals surface area contributed by atoms with Crippen LogP contribution in [-0.4, -0.2) is 20.5 Å². The molecule has 0 radical (unpaired) electrons. The van der Waals surface area contributed by atoms with Gasteiger partial charge in [0.25, 0.3) is 0 Å². The van der Waals surface area contributed by atoms with Crippen LogP contribution in [0.15, 0.2) is 29.6 Å². The molecule has 19 heavy (non-hydrogen) atoms. The van der Waals surface area contributed by atoms with Crippen LogP contribution in [0, 0.1) is 12.7 Å². The first kappa shape index (κ1) is 11.9. The zero-order chi connectivity index (χ0) is 13.6. The number of aryl methyl sites for hydroxylation is 1. The van der Waals surface area contributed by atoms with Crippen molar-refractivity contribution in [2.45, 2.75) is 6.92 Å². The number of hydrogen-bond acceptors (Lipinski definition) is 3. The van der Waals surface area contributed by atoms with Crippen LogP contribution < -0.4 is 0 Å². The number of thiazole rings is 1. The van der Waals surface area contributed by atoms with Crippen LogP contribution in [-0.2, 0) is 0 Å². The summed E-state index contributed by atoms with van der Waals surface area (Å²) in [7, 11) is 0. The number of carboxylic acids is 1. The number of aromatic carboxylic acids is 1. The number of halogens is 1. The SMILES string of the molecule is Cc1nc2scc(-c3ccc(F)cc3)n2c1C(=O)O. The van der Waals surface area contributed by atoms with Crippen LogP contribution >= 0.6 is 11.3 Å². The molecule has 0 aliphatic rings. The molecule has 6 heteroatoms. The zero-order valence-corrected chi connectivity index (χ0v) is 10.7. The highest BCUT2D eigenvalue weighted by molar-refractivity contribution is 7.15. The quantitative estimate of drug-likeness (QED) is 0.782. The molecule has 3 rings (SSSR count). The number of imidazole rings is 1. The minimum atomic E-state index is -1.02. The molecule has 3 aromatic rings. The van der Waals surface area contributed by atoms with E-state index in [1.54, 1.807) is 23.5 Å². The van der Waals surface area contributed by atoms with Gasteiger partial charge < -0.3 is 5.11 Å². The van der Waals surface area contributed by atoms with Gasteiger partial charge in [0.1, 0.15) is 5.82 Å². The fourth-order valence-electron chi connectivity index (χ4n) is 2.04. The third-order valence-electron chi connectivity index (χ3n) is 2.88. The predicted octanol–water partition coefficient (Wildman–Crippen LogP) is 3.21. The van der Waals surface area contributed by atoms with Crippen molar-refractivity contribution in [2.75, 3.05) is 0 Å². The van der Waals surface area contributed by atoms with Crippen LogP contribution in [0.25, 0.3) is 16.2 Å². The molecule has 2 heterocycles. The summed E-state index contributed by atoms with van der Waals surface area (Å²) in [5, 5.41) is 11.1. The first-order valence-electron chi connectivity index (χ1n) is 5.53. The Hall–Kier alpha value is -2.21. The van der Waals surface area contributed by atoms with E-state index in [0.717, 1.165) is 5.56 Å². The second-order valence-corrected chi connectivity index (χ2v) is 4.93. The smallest absolute Gasteiger partial charge is 0.354 e. The second-order valence-electron chi connectivity index (χ2n) is 4.10. The van der Waals surface area contributed by atoms with E-state index in [4.69, 9.17) is 0 Å². The molecule has 1 aromatic carbocycles. The van der Waals surface area contributed by atoms with Crippen LogP contribution in [0.4, 0.5) is 4.39 Å². The third kappa shape index (κ3) is 1.80. The molecule has 0 unspecified atom stereocenters. The lowest BCUT2D eigenvalue weighted by molar-refractivity contribution is 0.0688. The zero-order valence-electron chi connectivity index (χ0n) is 9.92. The van der Waals surface area contributed by atoms with Gasteiger partial charge in [-0.2, -0.15) is 0 Å². The molecule has 2 aromatic heterocycles. The van der Waals surface area contributed by atoms with Gasteiger partial charge >= 0.3 is 5.97 Å². The first-order valence-corrected chi connectivity index (χ1v) is 6.41. The van der Waals surface area contributed by atoms with E-state index in [2.05, 4.69) is 4.98 Å². The van der Waals surface area contributed by atoms with Gasteiger partial charge in [-0.3, -0.25) is 4.40 Å². The maximum absolute atomic E-state index is 12.9. The molecule has 96 valence electrons. The Morgan fingerprint density at radius 1 is 1.37 bits per heavy atom. The highest BCUT2D eigenvalue weighted by Crippen LogP contribution is 2.28. The fourth-order valence-corrected chi connectivity index (χ4v) is 2.98.